The third-order valence-electron chi connectivity index (χ3n) is 7.22. The van der Waals surface area contributed by atoms with Gasteiger partial charge in [-0.15, -0.1) is 0 Å². The number of ether oxygens (including phenoxy) is 1. The van der Waals surface area contributed by atoms with Crippen molar-refractivity contribution in [1.29, 1.82) is 0 Å². The molecule has 190 valence electrons. The number of nitrogens with zero attached hydrogens (tertiary/aromatic N) is 5. The van der Waals surface area contributed by atoms with Gasteiger partial charge in [0.15, 0.2) is 0 Å². The van der Waals surface area contributed by atoms with Crippen LogP contribution in [-0.4, -0.2) is 45.9 Å². The number of nitrogens with one attached hydrogen (secondary N) is 1. The average molecular weight is 498 g/mol. The topological polar surface area (TPSA) is 111 Å². The first-order chi connectivity index (χ1) is 18.1. The molecular formula is C28H31N7O2. The number of benzene rings is 1. The number of carbonyl (C=O) groups is 1. The summed E-state index contributed by atoms with van der Waals surface area (Å²) < 4.78 is 7.53. The SMILES string of the molecule is COc1cc(N2CCCC2)ncc1Cn1cc(C(=O)NCc2ccc3c(N)nccc3c2)c(C2CC2)n1. The minimum Gasteiger partial charge on any atom is -0.496 e. The molecule has 1 aromatic carbocycles. The van der Waals surface area contributed by atoms with Gasteiger partial charge in [-0.1, -0.05) is 12.1 Å². The van der Waals surface area contributed by atoms with Gasteiger partial charge in [0, 0.05) is 61.2 Å². The molecule has 0 bridgehead atoms. The van der Waals surface area contributed by atoms with Crippen molar-refractivity contribution in [3.05, 3.63) is 71.3 Å². The lowest BCUT2D eigenvalue weighted by atomic mass is 10.1. The lowest BCUT2D eigenvalue weighted by Crippen LogP contribution is -2.23. The third-order valence-corrected chi connectivity index (χ3v) is 7.22. The first kappa shape index (κ1) is 23.3. The van der Waals surface area contributed by atoms with Crippen molar-refractivity contribution in [1.82, 2.24) is 25.1 Å². The molecule has 0 spiro atoms. The van der Waals surface area contributed by atoms with Gasteiger partial charge in [0.2, 0.25) is 0 Å². The second-order valence-corrected chi connectivity index (χ2v) is 9.88. The maximum Gasteiger partial charge on any atom is 0.255 e. The lowest BCUT2D eigenvalue weighted by Gasteiger charge is -2.18. The van der Waals surface area contributed by atoms with Crippen LogP contribution in [0.25, 0.3) is 10.8 Å². The molecule has 4 heterocycles. The van der Waals surface area contributed by atoms with Crippen molar-refractivity contribution in [2.24, 2.45) is 0 Å². The number of aromatic nitrogens is 4. The van der Waals surface area contributed by atoms with E-state index in [1.54, 1.807) is 13.3 Å². The quantitative estimate of drug-likeness (QED) is 0.380. The molecule has 4 aromatic rings. The van der Waals surface area contributed by atoms with Crippen molar-refractivity contribution >= 4 is 28.3 Å². The summed E-state index contributed by atoms with van der Waals surface area (Å²) in [5.41, 5.74) is 9.41. The molecule has 2 fully saturated rings. The Kier molecular flexibility index (Phi) is 6.12. The molecule has 6 rings (SSSR count). The molecule has 2 aliphatic rings. The van der Waals surface area contributed by atoms with Gasteiger partial charge in [-0.3, -0.25) is 9.48 Å². The van der Waals surface area contributed by atoms with E-state index >= 15 is 0 Å². The van der Waals surface area contributed by atoms with Gasteiger partial charge >= 0.3 is 0 Å². The maximum atomic E-state index is 13.2. The second kappa shape index (κ2) is 9.72. The van der Waals surface area contributed by atoms with Gasteiger partial charge in [-0.25, -0.2) is 9.97 Å². The first-order valence-electron chi connectivity index (χ1n) is 12.9. The largest absolute Gasteiger partial charge is 0.496 e. The highest BCUT2D eigenvalue weighted by molar-refractivity contribution is 5.95. The van der Waals surface area contributed by atoms with Gasteiger partial charge in [0.1, 0.15) is 17.4 Å². The van der Waals surface area contributed by atoms with E-state index in [0.717, 1.165) is 65.1 Å². The first-order valence-corrected chi connectivity index (χ1v) is 12.9. The average Bonchev–Trinajstić information content (AvgIpc) is 3.43. The molecule has 37 heavy (non-hydrogen) atoms. The monoisotopic (exact) mass is 497 g/mol. The minimum atomic E-state index is -0.114. The molecule has 0 unspecified atom stereocenters. The molecule has 0 radical (unpaired) electrons. The van der Waals surface area contributed by atoms with Gasteiger partial charge in [0.05, 0.1) is 24.9 Å². The zero-order valence-electron chi connectivity index (χ0n) is 21.0. The zero-order valence-corrected chi connectivity index (χ0v) is 21.0. The van der Waals surface area contributed by atoms with Crippen molar-refractivity contribution < 1.29 is 9.53 Å². The molecule has 1 amide bonds. The number of hydrogen-bond acceptors (Lipinski definition) is 7. The fourth-order valence-electron chi connectivity index (χ4n) is 5.05. The lowest BCUT2D eigenvalue weighted by molar-refractivity contribution is 0.0950. The Morgan fingerprint density at radius 3 is 2.78 bits per heavy atom. The van der Waals surface area contributed by atoms with Crippen LogP contribution >= 0.6 is 0 Å². The Hall–Kier alpha value is -4.14. The number of rotatable bonds is 8. The van der Waals surface area contributed by atoms with Crippen molar-refractivity contribution in [3.63, 3.8) is 0 Å². The Morgan fingerprint density at radius 1 is 1.16 bits per heavy atom. The van der Waals surface area contributed by atoms with Crippen LogP contribution in [0.4, 0.5) is 11.6 Å². The number of methoxy groups -OCH3 is 1. The highest BCUT2D eigenvalue weighted by Gasteiger charge is 2.31. The van der Waals surface area contributed by atoms with Crippen LogP contribution in [0.3, 0.4) is 0 Å². The van der Waals surface area contributed by atoms with E-state index < -0.39 is 0 Å². The number of hydrogen-bond donors (Lipinski definition) is 2. The summed E-state index contributed by atoms with van der Waals surface area (Å²) in [5.74, 6) is 2.48. The molecular weight excluding hydrogens is 466 g/mol. The summed E-state index contributed by atoms with van der Waals surface area (Å²) in [6.07, 6.45) is 9.93. The fraction of sp³-hybridized carbons (Fsp3) is 0.357. The second-order valence-electron chi connectivity index (χ2n) is 9.88. The predicted octanol–water partition coefficient (Wildman–Crippen LogP) is 3.87. The summed E-state index contributed by atoms with van der Waals surface area (Å²) >= 11 is 0. The molecule has 9 heteroatoms. The highest BCUT2D eigenvalue weighted by Crippen LogP contribution is 2.41. The molecule has 9 nitrogen and oxygen atoms in total. The number of fused-ring (bicyclic) bond motifs is 1. The van der Waals surface area contributed by atoms with Crippen molar-refractivity contribution in [2.75, 3.05) is 30.8 Å². The van der Waals surface area contributed by atoms with Crippen LogP contribution < -0.4 is 20.7 Å². The number of nitrogens with two attached hydrogens (primary N) is 1. The van der Waals surface area contributed by atoms with Crippen LogP contribution in [-0.2, 0) is 13.1 Å². The van der Waals surface area contributed by atoms with E-state index in [9.17, 15) is 4.79 Å². The fourth-order valence-corrected chi connectivity index (χ4v) is 5.05. The Labute approximate surface area is 215 Å². The molecule has 3 N–H and O–H groups in total. The number of amides is 1. The predicted molar refractivity (Wildman–Crippen MR) is 143 cm³/mol. The molecule has 1 aliphatic heterocycles. The minimum absolute atomic E-state index is 0.114. The summed E-state index contributed by atoms with van der Waals surface area (Å²) in [5, 5.41) is 9.80. The third kappa shape index (κ3) is 4.81. The van der Waals surface area contributed by atoms with Gasteiger partial charge < -0.3 is 20.7 Å². The Morgan fingerprint density at radius 2 is 2.00 bits per heavy atom. The number of carbonyl (C=O) groups excluding carboxylic acids is 1. The standard InChI is InChI=1S/C28H31N7O2/c1-37-24-13-25(34-10-2-3-11-34)31-15-21(24)16-35-17-23(26(33-35)19-5-6-19)28(36)32-14-18-4-7-22-20(12-18)8-9-30-27(22)29/h4,7-9,12-13,15,17,19H,2-3,5-6,10-11,14,16H2,1H3,(H2,29,30)(H,32,36). The molecule has 1 saturated heterocycles. The summed E-state index contributed by atoms with van der Waals surface area (Å²) in [6.45, 7) is 2.97. The normalized spacial score (nSPS) is 15.3. The Bertz CT molecular complexity index is 1450. The highest BCUT2D eigenvalue weighted by atomic mass is 16.5. The van der Waals surface area contributed by atoms with E-state index in [1.165, 1.54) is 12.8 Å². The summed E-state index contributed by atoms with van der Waals surface area (Å²) in [4.78, 5) is 24.3. The number of pyridine rings is 2. The van der Waals surface area contributed by atoms with E-state index in [0.29, 0.717) is 30.4 Å². The van der Waals surface area contributed by atoms with E-state index in [1.807, 2.05) is 47.4 Å². The number of nitrogen functional groups attached to an aromatic ring is 1. The van der Waals surface area contributed by atoms with Gasteiger partial charge in [-0.05, 0) is 48.8 Å². The van der Waals surface area contributed by atoms with Crippen LogP contribution in [0.15, 0.2) is 48.9 Å². The zero-order chi connectivity index (χ0) is 25.4. The van der Waals surface area contributed by atoms with Crippen LogP contribution in [0, 0.1) is 0 Å². The number of anilines is 2. The van der Waals surface area contributed by atoms with Crippen molar-refractivity contribution in [2.45, 2.75) is 44.7 Å². The molecule has 1 aliphatic carbocycles. The molecule has 3 aromatic heterocycles. The van der Waals surface area contributed by atoms with Crippen LogP contribution in [0.5, 0.6) is 5.75 Å². The van der Waals surface area contributed by atoms with Gasteiger partial charge in [0.25, 0.3) is 5.91 Å². The van der Waals surface area contributed by atoms with Crippen molar-refractivity contribution in [3.8, 4) is 5.75 Å². The maximum absolute atomic E-state index is 13.2. The van der Waals surface area contributed by atoms with Crippen LogP contribution in [0.2, 0.25) is 0 Å². The summed E-state index contributed by atoms with van der Waals surface area (Å²) in [7, 11) is 1.68. The summed E-state index contributed by atoms with van der Waals surface area (Å²) in [6, 6.07) is 9.88. The van der Waals surface area contributed by atoms with E-state index in [4.69, 9.17) is 15.6 Å². The van der Waals surface area contributed by atoms with E-state index in [-0.39, 0.29) is 5.91 Å². The smallest absolute Gasteiger partial charge is 0.255 e. The molecule has 1 saturated carbocycles. The van der Waals surface area contributed by atoms with Gasteiger partial charge in [-0.2, -0.15) is 5.10 Å². The van der Waals surface area contributed by atoms with E-state index in [2.05, 4.69) is 20.2 Å². The van der Waals surface area contributed by atoms with Crippen LogP contribution in [0.1, 0.15) is 58.8 Å². The Balaban J connectivity index is 1.19. The molecule has 0 atom stereocenters.